The van der Waals surface area contributed by atoms with Crippen LogP contribution in [0.3, 0.4) is 0 Å². The second-order valence-electron chi connectivity index (χ2n) is 14.0. The first-order chi connectivity index (χ1) is 25.8. The van der Waals surface area contributed by atoms with E-state index in [4.69, 9.17) is 4.42 Å². The first-order valence-electron chi connectivity index (χ1n) is 17.9. The number of rotatable bonds is 3. The van der Waals surface area contributed by atoms with Gasteiger partial charge in [-0.05, 0) is 66.7 Å². The molecule has 0 unspecified atom stereocenters. The lowest BCUT2D eigenvalue weighted by atomic mass is 9.99. The van der Waals surface area contributed by atoms with Gasteiger partial charge in [-0.25, -0.2) is 0 Å². The van der Waals surface area contributed by atoms with Crippen LogP contribution in [0.5, 0.6) is 0 Å². The summed E-state index contributed by atoms with van der Waals surface area (Å²) in [5.74, 6) is 0. The zero-order valence-electron chi connectivity index (χ0n) is 27.8. The lowest BCUT2D eigenvalue weighted by Gasteiger charge is -2.26. The van der Waals surface area contributed by atoms with Gasteiger partial charge in [0.2, 0.25) is 0 Å². The summed E-state index contributed by atoms with van der Waals surface area (Å²) in [6.45, 7) is 0. The molecule has 0 radical (unpaired) electrons. The topological polar surface area (TPSA) is 25.2 Å². The monoisotopic (exact) mass is 661 g/mol. The van der Waals surface area contributed by atoms with Crippen molar-refractivity contribution in [2.24, 2.45) is 0 Å². The number of furan rings is 1. The van der Waals surface area contributed by atoms with Gasteiger partial charge in [-0.2, -0.15) is 0 Å². The predicted molar refractivity (Wildman–Crippen MR) is 218 cm³/mol. The highest BCUT2D eigenvalue weighted by Crippen LogP contribution is 2.52. The second-order valence-corrected chi connectivity index (χ2v) is 14.0. The van der Waals surface area contributed by atoms with Crippen LogP contribution < -0.4 is 4.90 Å². The van der Waals surface area contributed by atoms with Crippen LogP contribution in [0.25, 0.3) is 98.1 Å². The standard InChI is InChI=1S/C48H27N3O/c1-3-13-28(14-4-1)49(29-15-5-2-6-16-29)38-25-23-34-42-39(50-36-20-10-7-17-31(36)43(38)47(34)50)27-35-30-24-26-41-44(33-19-9-12-22-40(33)52-41)46(30)51-37-21-11-8-18-32(37)45(42)48(35)51/h1-27H. The van der Waals surface area contributed by atoms with Crippen molar-refractivity contribution in [2.75, 3.05) is 4.90 Å². The molecule has 240 valence electrons. The summed E-state index contributed by atoms with van der Waals surface area (Å²) in [6.07, 6.45) is 0. The highest BCUT2D eigenvalue weighted by molar-refractivity contribution is 6.40. The third-order valence-corrected chi connectivity index (χ3v) is 11.5. The minimum absolute atomic E-state index is 0.919. The first kappa shape index (κ1) is 26.8. The van der Waals surface area contributed by atoms with E-state index in [0.717, 1.165) is 27.9 Å². The molecule has 52 heavy (non-hydrogen) atoms. The molecule has 8 aromatic carbocycles. The van der Waals surface area contributed by atoms with E-state index in [9.17, 15) is 0 Å². The molecule has 0 aliphatic heterocycles. The minimum Gasteiger partial charge on any atom is -0.456 e. The zero-order valence-corrected chi connectivity index (χ0v) is 27.8. The van der Waals surface area contributed by atoms with Crippen LogP contribution in [0.4, 0.5) is 17.1 Å². The van der Waals surface area contributed by atoms with Crippen LogP contribution in [0.1, 0.15) is 0 Å². The van der Waals surface area contributed by atoms with Crippen LogP contribution >= 0.6 is 0 Å². The molecular formula is C48H27N3O. The molecule has 4 heteroatoms. The molecule has 0 N–H and O–H groups in total. The molecule has 13 aromatic rings. The van der Waals surface area contributed by atoms with Gasteiger partial charge in [0.1, 0.15) is 11.2 Å². The smallest absolute Gasteiger partial charge is 0.137 e. The van der Waals surface area contributed by atoms with Gasteiger partial charge >= 0.3 is 0 Å². The fourth-order valence-corrected chi connectivity index (χ4v) is 9.59. The predicted octanol–water partition coefficient (Wildman–Crippen LogP) is 13.4. The summed E-state index contributed by atoms with van der Waals surface area (Å²) in [5, 5.41) is 12.5. The lowest BCUT2D eigenvalue weighted by molar-refractivity contribution is 0.669. The van der Waals surface area contributed by atoms with E-state index in [2.05, 4.69) is 177 Å². The number of nitrogens with zero attached hydrogens (tertiary/aromatic N) is 3. The number of anilines is 3. The largest absolute Gasteiger partial charge is 0.456 e. The van der Waals surface area contributed by atoms with Gasteiger partial charge in [0, 0.05) is 59.9 Å². The number of para-hydroxylation sites is 5. The van der Waals surface area contributed by atoms with E-state index >= 15 is 0 Å². The maximum Gasteiger partial charge on any atom is 0.137 e. The zero-order chi connectivity index (χ0) is 33.7. The van der Waals surface area contributed by atoms with Gasteiger partial charge in [0.15, 0.2) is 0 Å². The Bertz CT molecular complexity index is 3530. The lowest BCUT2D eigenvalue weighted by Crippen LogP contribution is -2.10. The molecule has 0 amide bonds. The van der Waals surface area contributed by atoms with Crippen LogP contribution in [-0.4, -0.2) is 8.80 Å². The minimum atomic E-state index is 0.919. The Morgan fingerprint density at radius 3 is 1.67 bits per heavy atom. The van der Waals surface area contributed by atoms with Crippen molar-refractivity contribution in [3.63, 3.8) is 0 Å². The quantitative estimate of drug-likeness (QED) is 0.188. The third-order valence-electron chi connectivity index (χ3n) is 11.5. The Balaban J connectivity index is 1.26. The van der Waals surface area contributed by atoms with Gasteiger partial charge < -0.3 is 18.1 Å². The normalized spacial score (nSPS) is 12.6. The number of benzene rings is 8. The van der Waals surface area contributed by atoms with Crippen molar-refractivity contribution in [3.05, 3.63) is 164 Å². The molecule has 0 atom stereocenters. The molecule has 4 nitrogen and oxygen atoms in total. The number of fused-ring (bicyclic) bond motifs is 17. The van der Waals surface area contributed by atoms with Crippen molar-refractivity contribution < 1.29 is 4.42 Å². The van der Waals surface area contributed by atoms with Crippen molar-refractivity contribution in [3.8, 4) is 0 Å². The van der Waals surface area contributed by atoms with Crippen LogP contribution in [0, 0.1) is 0 Å². The van der Waals surface area contributed by atoms with E-state index in [0.29, 0.717) is 0 Å². The Morgan fingerprint density at radius 1 is 0.346 bits per heavy atom. The average molecular weight is 662 g/mol. The van der Waals surface area contributed by atoms with E-state index in [1.54, 1.807) is 0 Å². The van der Waals surface area contributed by atoms with Crippen molar-refractivity contribution in [1.29, 1.82) is 0 Å². The molecule has 0 fully saturated rings. The van der Waals surface area contributed by atoms with Gasteiger partial charge in [0.25, 0.3) is 0 Å². The van der Waals surface area contributed by atoms with Crippen molar-refractivity contribution in [2.45, 2.75) is 0 Å². The molecule has 0 bridgehead atoms. The van der Waals surface area contributed by atoms with Gasteiger partial charge in [0.05, 0.1) is 44.2 Å². The van der Waals surface area contributed by atoms with Gasteiger partial charge in [-0.1, -0.05) is 97.1 Å². The van der Waals surface area contributed by atoms with Gasteiger partial charge in [-0.3, -0.25) is 0 Å². The van der Waals surface area contributed by atoms with Crippen LogP contribution in [0.15, 0.2) is 168 Å². The molecule has 0 saturated heterocycles. The molecule has 0 aliphatic carbocycles. The third kappa shape index (κ3) is 3.11. The van der Waals surface area contributed by atoms with Crippen LogP contribution in [0.2, 0.25) is 0 Å². The second kappa shape index (κ2) is 9.39. The van der Waals surface area contributed by atoms with E-state index in [-0.39, 0.29) is 0 Å². The molecule has 0 aliphatic rings. The Hall–Kier alpha value is -7.04. The SMILES string of the molecule is c1ccc(N(c2ccccc2)c2ccc3c4c5c6ccccc6n6c7c(ccc8oc9ccccc9c87)c(cc4n4c7ccccc7c2c34)c56)cc1. The average Bonchev–Trinajstić information content (AvgIpc) is 3.99. The number of aromatic nitrogens is 2. The maximum absolute atomic E-state index is 6.44. The van der Waals surface area contributed by atoms with Crippen molar-refractivity contribution in [1.82, 2.24) is 8.80 Å². The van der Waals surface area contributed by atoms with E-state index in [1.807, 2.05) is 0 Å². The summed E-state index contributed by atoms with van der Waals surface area (Å²) in [4.78, 5) is 2.41. The molecule has 5 heterocycles. The first-order valence-corrected chi connectivity index (χ1v) is 17.9. The van der Waals surface area contributed by atoms with Gasteiger partial charge in [-0.15, -0.1) is 0 Å². The molecule has 5 aromatic heterocycles. The van der Waals surface area contributed by atoms with E-state index < -0.39 is 0 Å². The van der Waals surface area contributed by atoms with Crippen molar-refractivity contribution >= 4 is 115 Å². The van der Waals surface area contributed by atoms with E-state index in [1.165, 1.54) is 87.3 Å². The summed E-state index contributed by atoms with van der Waals surface area (Å²) in [5.41, 5.74) is 12.7. The summed E-state index contributed by atoms with van der Waals surface area (Å²) < 4.78 is 11.5. The Labute approximate surface area is 296 Å². The molecule has 13 rings (SSSR count). The number of hydrogen-bond acceptors (Lipinski definition) is 2. The highest BCUT2D eigenvalue weighted by atomic mass is 16.3. The van der Waals surface area contributed by atoms with Crippen LogP contribution in [-0.2, 0) is 0 Å². The Morgan fingerprint density at radius 2 is 0.923 bits per heavy atom. The fraction of sp³-hybridized carbons (Fsp3) is 0. The summed E-state index contributed by atoms with van der Waals surface area (Å²) in [6, 6.07) is 59.4. The fourth-order valence-electron chi connectivity index (χ4n) is 9.59. The molecule has 0 saturated carbocycles. The molecular weight excluding hydrogens is 635 g/mol. The maximum atomic E-state index is 6.44. The highest BCUT2D eigenvalue weighted by Gasteiger charge is 2.29. The number of hydrogen-bond donors (Lipinski definition) is 0. The molecule has 0 spiro atoms. The Kier molecular flexibility index (Phi) is 4.83. The summed E-state index contributed by atoms with van der Waals surface area (Å²) >= 11 is 0. The summed E-state index contributed by atoms with van der Waals surface area (Å²) in [7, 11) is 0.